The van der Waals surface area contributed by atoms with E-state index in [4.69, 9.17) is 19.5 Å². The molecule has 2 aromatic heterocycles. The molecule has 2 saturated heterocycles. The molecule has 2 aliphatic heterocycles. The second kappa shape index (κ2) is 16.2. The fourth-order valence-electron chi connectivity index (χ4n) is 6.18. The molecular weight excluding hydrogens is 675 g/mol. The first-order valence-electron chi connectivity index (χ1n) is 16.5. The summed E-state index contributed by atoms with van der Waals surface area (Å²) in [5.41, 5.74) is 7.22. The second-order valence-corrected chi connectivity index (χ2v) is 14.2. The second-order valence-electron chi connectivity index (χ2n) is 12.8. The van der Waals surface area contributed by atoms with Gasteiger partial charge in [-0.1, -0.05) is 36.7 Å². The minimum absolute atomic E-state index is 0.0592. The van der Waals surface area contributed by atoms with Crippen LogP contribution in [0, 0.1) is 36.2 Å². The number of ether oxygens (including phenoxy) is 1. The zero-order valence-corrected chi connectivity index (χ0v) is 29.0. The van der Waals surface area contributed by atoms with Gasteiger partial charge in [0.25, 0.3) is 10.1 Å². The van der Waals surface area contributed by atoms with E-state index >= 15 is 0 Å². The van der Waals surface area contributed by atoms with E-state index in [9.17, 15) is 21.6 Å². The summed E-state index contributed by atoms with van der Waals surface area (Å²) in [5, 5.41) is 3.99. The summed E-state index contributed by atoms with van der Waals surface area (Å²) in [6.45, 7) is 9.13. The molecule has 0 spiro atoms. The lowest BCUT2D eigenvalue weighted by Crippen LogP contribution is -2.36. The molecule has 270 valence electrons. The lowest BCUT2D eigenvalue weighted by molar-refractivity contribution is 0.219. The molecule has 2 aromatic carbocycles. The van der Waals surface area contributed by atoms with Gasteiger partial charge in [-0.2, -0.15) is 13.4 Å². The number of halogens is 3. The third-order valence-electron chi connectivity index (χ3n) is 9.25. The van der Waals surface area contributed by atoms with Crippen LogP contribution in [0.25, 0.3) is 0 Å². The Balaban J connectivity index is 0.000000377. The van der Waals surface area contributed by atoms with E-state index in [1.165, 1.54) is 12.1 Å². The summed E-state index contributed by atoms with van der Waals surface area (Å²) in [4.78, 5) is 17.1. The van der Waals surface area contributed by atoms with Crippen LogP contribution in [0.5, 0.6) is 5.75 Å². The molecular formula is C34H42F3N7O5S. The zero-order valence-electron chi connectivity index (χ0n) is 28.2. The van der Waals surface area contributed by atoms with Crippen LogP contribution in [0.3, 0.4) is 0 Å². The Labute approximate surface area is 289 Å². The van der Waals surface area contributed by atoms with Gasteiger partial charge in [-0.05, 0) is 61.8 Å². The Kier molecular flexibility index (Phi) is 12.0. The predicted molar refractivity (Wildman–Crippen MR) is 180 cm³/mol. The Morgan fingerprint density at radius 2 is 1.68 bits per heavy atom. The number of hydrogen-bond acceptors (Lipinski definition) is 11. The van der Waals surface area contributed by atoms with Gasteiger partial charge in [0.15, 0.2) is 23.2 Å². The molecule has 0 saturated carbocycles. The predicted octanol–water partition coefficient (Wildman–Crippen LogP) is 5.33. The molecule has 0 unspecified atom stereocenters. The molecule has 3 N–H and O–H groups in total. The van der Waals surface area contributed by atoms with E-state index in [1.54, 1.807) is 24.5 Å². The normalized spacial score (nSPS) is 18.9. The lowest BCUT2D eigenvalue weighted by atomic mass is 9.84. The smallest absolute Gasteiger partial charge is 0.324 e. The van der Waals surface area contributed by atoms with Crippen molar-refractivity contribution >= 4 is 22.1 Å². The largest absolute Gasteiger partial charge is 0.490 e. The molecule has 2 fully saturated rings. The maximum Gasteiger partial charge on any atom is 0.324 e. The van der Waals surface area contributed by atoms with Crippen molar-refractivity contribution in [1.29, 1.82) is 0 Å². The molecule has 0 amide bonds. The average molecular weight is 718 g/mol. The van der Waals surface area contributed by atoms with Gasteiger partial charge in [0.1, 0.15) is 5.82 Å². The standard InChI is InChI=1S/C27H34F3N7O2.C7H8O3S/c1-3-25-34-27(39-35-25)36-7-4-17(5-8-36)16(2)6-9-38-18-12-32-26(33-13-18)37-14-20(24(31)15-37)19-10-22(29)23(30)11-21(19)28;1-6-2-4-7(5-3-6)11(8,9)10/h10-13,16-17,20,24H,3-9,14-15,31H2,1-2H3;2-5H,1H3,(H,8,9,10)/t16-,20-,24+;/m1./s1. The molecule has 2 aliphatic rings. The van der Waals surface area contributed by atoms with Crippen molar-refractivity contribution in [2.24, 2.45) is 17.6 Å². The number of rotatable bonds is 10. The fraction of sp³-hybridized carbons (Fsp3) is 0.471. The maximum atomic E-state index is 14.3. The van der Waals surface area contributed by atoms with E-state index < -0.39 is 39.5 Å². The van der Waals surface area contributed by atoms with Gasteiger partial charge < -0.3 is 24.8 Å². The lowest BCUT2D eigenvalue weighted by Gasteiger charge is -2.33. The highest BCUT2D eigenvalue weighted by molar-refractivity contribution is 7.85. The van der Waals surface area contributed by atoms with Crippen LogP contribution in [0.15, 0.2) is 58.2 Å². The molecule has 6 rings (SSSR count). The van der Waals surface area contributed by atoms with Crippen molar-refractivity contribution in [2.75, 3.05) is 42.6 Å². The molecule has 16 heteroatoms. The first-order valence-corrected chi connectivity index (χ1v) is 18.0. The first kappa shape index (κ1) is 37.0. The Bertz CT molecular complexity index is 1820. The van der Waals surface area contributed by atoms with E-state index in [0.29, 0.717) is 55.3 Å². The monoisotopic (exact) mass is 717 g/mol. The van der Waals surface area contributed by atoms with Crippen molar-refractivity contribution in [3.05, 3.63) is 83.2 Å². The quantitative estimate of drug-likeness (QED) is 0.161. The van der Waals surface area contributed by atoms with Crippen molar-refractivity contribution in [2.45, 2.75) is 63.3 Å². The maximum absolute atomic E-state index is 14.3. The third-order valence-corrected chi connectivity index (χ3v) is 10.1. The first-order chi connectivity index (χ1) is 23.8. The van der Waals surface area contributed by atoms with Crippen molar-refractivity contribution in [3.8, 4) is 5.75 Å². The summed E-state index contributed by atoms with van der Waals surface area (Å²) < 4.78 is 82.2. The van der Waals surface area contributed by atoms with Gasteiger partial charge in [0, 0.05) is 50.6 Å². The molecule has 0 aliphatic carbocycles. The van der Waals surface area contributed by atoms with Crippen LogP contribution in [0.2, 0.25) is 0 Å². The number of hydrogen-bond donors (Lipinski definition) is 2. The number of anilines is 2. The van der Waals surface area contributed by atoms with E-state index in [2.05, 4.69) is 31.9 Å². The van der Waals surface area contributed by atoms with E-state index in [0.717, 1.165) is 56.2 Å². The highest BCUT2D eigenvalue weighted by atomic mass is 32.2. The number of aromatic nitrogens is 4. The summed E-state index contributed by atoms with van der Waals surface area (Å²) in [6, 6.07) is 7.58. The number of aryl methyl sites for hydroxylation is 2. The Morgan fingerprint density at radius 3 is 2.30 bits per heavy atom. The Hall–Kier alpha value is -4.28. The molecule has 0 bridgehead atoms. The van der Waals surface area contributed by atoms with Crippen molar-refractivity contribution < 1.29 is 35.4 Å². The molecule has 4 heterocycles. The van der Waals surface area contributed by atoms with Crippen LogP contribution < -0.4 is 20.3 Å². The highest BCUT2D eigenvalue weighted by Crippen LogP contribution is 2.32. The number of nitrogens with two attached hydrogens (primary N) is 1. The summed E-state index contributed by atoms with van der Waals surface area (Å²) in [6.07, 6.45) is 7.02. The minimum Gasteiger partial charge on any atom is -0.490 e. The fourth-order valence-corrected chi connectivity index (χ4v) is 6.66. The number of piperidine rings is 1. The van der Waals surface area contributed by atoms with E-state index in [1.807, 2.05) is 18.7 Å². The summed E-state index contributed by atoms with van der Waals surface area (Å²) >= 11 is 0. The molecule has 0 radical (unpaired) electrons. The van der Waals surface area contributed by atoms with E-state index in [-0.39, 0.29) is 10.5 Å². The van der Waals surface area contributed by atoms with Gasteiger partial charge in [0.2, 0.25) is 5.95 Å². The Morgan fingerprint density at radius 1 is 1.02 bits per heavy atom. The molecule has 50 heavy (non-hydrogen) atoms. The SMILES string of the molecule is CCc1noc(N2CCC([C@H](C)CCOc3cnc(N4C[C@H](c5cc(F)c(F)cc5F)[C@@H](N)C4)nc3)CC2)n1.Cc1ccc(S(=O)(=O)O)cc1. The van der Waals surface area contributed by atoms with Gasteiger partial charge in [0.05, 0.1) is 23.9 Å². The highest BCUT2D eigenvalue weighted by Gasteiger charge is 2.35. The third kappa shape index (κ3) is 9.28. The number of benzene rings is 2. The van der Waals surface area contributed by atoms with Crippen LogP contribution in [-0.4, -0.2) is 71.9 Å². The van der Waals surface area contributed by atoms with Crippen LogP contribution in [0.4, 0.5) is 25.1 Å². The van der Waals surface area contributed by atoms with Gasteiger partial charge in [-0.3, -0.25) is 4.55 Å². The van der Waals surface area contributed by atoms with Gasteiger partial charge in [-0.15, -0.1) is 0 Å². The average Bonchev–Trinajstić information content (AvgIpc) is 3.74. The molecule has 12 nitrogen and oxygen atoms in total. The molecule has 4 aromatic rings. The van der Waals surface area contributed by atoms with Crippen LogP contribution in [0.1, 0.15) is 56.0 Å². The van der Waals surface area contributed by atoms with Gasteiger partial charge >= 0.3 is 6.01 Å². The minimum atomic E-state index is -4.02. The molecule has 3 atom stereocenters. The van der Waals surface area contributed by atoms with Crippen LogP contribution >= 0.6 is 0 Å². The summed E-state index contributed by atoms with van der Waals surface area (Å²) in [5.74, 6) is -0.796. The summed E-state index contributed by atoms with van der Waals surface area (Å²) in [7, 11) is -4.02. The zero-order chi connectivity index (χ0) is 36.0. The van der Waals surface area contributed by atoms with Gasteiger partial charge in [-0.25, -0.2) is 23.1 Å². The van der Waals surface area contributed by atoms with Crippen molar-refractivity contribution in [3.63, 3.8) is 0 Å². The topological polar surface area (TPSA) is 161 Å². The van der Waals surface area contributed by atoms with Crippen LogP contribution in [-0.2, 0) is 16.5 Å². The number of nitrogens with zero attached hydrogens (tertiary/aromatic N) is 6. The van der Waals surface area contributed by atoms with Crippen molar-refractivity contribution in [1.82, 2.24) is 20.1 Å².